The zero-order chi connectivity index (χ0) is 10.9. The van der Waals surface area contributed by atoms with Crippen molar-refractivity contribution >= 4 is 0 Å². The predicted molar refractivity (Wildman–Crippen MR) is 64.3 cm³/mol. The Morgan fingerprint density at radius 1 is 1.25 bits per heavy atom. The van der Waals surface area contributed by atoms with Crippen LogP contribution < -0.4 is 0 Å². The van der Waals surface area contributed by atoms with Gasteiger partial charge in [-0.25, -0.2) is 12.1 Å². The van der Waals surface area contributed by atoms with Gasteiger partial charge in [0.2, 0.25) is 0 Å². The number of rotatable bonds is 3. The molecule has 2 aromatic carbocycles. The fourth-order valence-corrected chi connectivity index (χ4v) is 1.34. The van der Waals surface area contributed by atoms with E-state index < -0.39 is 0 Å². The smallest absolute Gasteiger partial charge is 0.577 e. The zero-order valence-corrected chi connectivity index (χ0v) is 10.6. The molecule has 0 saturated heterocycles. The maximum Gasteiger partial charge on any atom is 2.00 e. The molecule has 0 heterocycles. The summed E-state index contributed by atoms with van der Waals surface area (Å²) >= 11 is 0. The van der Waals surface area contributed by atoms with Crippen molar-refractivity contribution in [2.45, 2.75) is 26.2 Å². The van der Waals surface area contributed by atoms with Crippen molar-refractivity contribution in [3.05, 3.63) is 54.1 Å². The molecule has 0 aliphatic rings. The Labute approximate surface area is 108 Å². The Bertz CT molecular complexity index is 318. The maximum absolute atomic E-state index is 8.95. The molecule has 0 saturated carbocycles. The van der Waals surface area contributed by atoms with Crippen LogP contribution in [0.4, 0.5) is 0 Å². The zero-order valence-electron chi connectivity index (χ0n) is 9.54. The number of unbranched alkanes of at least 4 members (excludes halogenated alkanes) is 1. The molecular formula is C14H18FeO. The Hall–Kier alpha value is -0.981. The first-order valence-corrected chi connectivity index (χ1v) is 5.44. The van der Waals surface area contributed by atoms with Gasteiger partial charge in [-0.3, -0.25) is 0 Å². The van der Waals surface area contributed by atoms with Gasteiger partial charge < -0.3 is 5.11 Å². The van der Waals surface area contributed by atoms with E-state index in [9.17, 15) is 0 Å². The second kappa shape index (κ2) is 9.26. The molecule has 1 N–H and O–H groups in total. The van der Waals surface area contributed by atoms with Crippen LogP contribution in [0.2, 0.25) is 0 Å². The molecule has 2 rings (SSSR count). The van der Waals surface area contributed by atoms with Crippen molar-refractivity contribution < 1.29 is 22.2 Å². The SMILES string of the molecule is CCCCc1cc(O)c[cH-]1.[Fe+2].c1cc[cH-]c1. The van der Waals surface area contributed by atoms with Crippen molar-refractivity contribution in [1.82, 2.24) is 0 Å². The van der Waals surface area contributed by atoms with E-state index in [0.717, 1.165) is 6.42 Å². The minimum Gasteiger partial charge on any atom is -0.577 e. The third-order valence-corrected chi connectivity index (χ3v) is 2.18. The molecule has 0 fully saturated rings. The molecule has 0 bridgehead atoms. The Morgan fingerprint density at radius 2 is 1.94 bits per heavy atom. The Morgan fingerprint density at radius 3 is 2.31 bits per heavy atom. The summed E-state index contributed by atoms with van der Waals surface area (Å²) in [6.45, 7) is 2.17. The fourth-order valence-electron chi connectivity index (χ4n) is 1.34. The van der Waals surface area contributed by atoms with E-state index in [1.54, 1.807) is 6.07 Å². The molecule has 0 radical (unpaired) electrons. The van der Waals surface area contributed by atoms with Gasteiger partial charge >= 0.3 is 17.1 Å². The van der Waals surface area contributed by atoms with Gasteiger partial charge in [0, 0.05) is 0 Å². The predicted octanol–water partition coefficient (Wildman–Crippen LogP) is 3.86. The quantitative estimate of drug-likeness (QED) is 0.654. The van der Waals surface area contributed by atoms with Crippen molar-refractivity contribution in [3.8, 4) is 5.75 Å². The minimum atomic E-state index is 0. The van der Waals surface area contributed by atoms with Gasteiger partial charge in [0.25, 0.3) is 0 Å². The molecule has 0 aliphatic carbocycles. The molecule has 0 spiro atoms. The van der Waals surface area contributed by atoms with Crippen LogP contribution in [0, 0.1) is 0 Å². The van der Waals surface area contributed by atoms with E-state index in [-0.39, 0.29) is 17.1 Å². The van der Waals surface area contributed by atoms with E-state index in [4.69, 9.17) is 5.11 Å². The summed E-state index contributed by atoms with van der Waals surface area (Å²) in [6.07, 6.45) is 3.52. The first kappa shape index (κ1) is 15.0. The van der Waals surface area contributed by atoms with Gasteiger partial charge in [-0.1, -0.05) is 26.2 Å². The fraction of sp³-hybridized carbons (Fsp3) is 0.286. The van der Waals surface area contributed by atoms with Gasteiger partial charge in [0.15, 0.2) is 0 Å². The average Bonchev–Trinajstić information content (AvgIpc) is 2.88. The van der Waals surface area contributed by atoms with Gasteiger partial charge in [-0.05, 0) is 5.75 Å². The number of hydrogen-bond donors (Lipinski definition) is 1. The number of aromatic hydroxyl groups is 1. The van der Waals surface area contributed by atoms with Gasteiger partial charge in [0.1, 0.15) is 0 Å². The summed E-state index contributed by atoms with van der Waals surface area (Å²) < 4.78 is 0. The summed E-state index contributed by atoms with van der Waals surface area (Å²) in [4.78, 5) is 0. The molecule has 0 unspecified atom stereocenters. The molecule has 16 heavy (non-hydrogen) atoms. The topological polar surface area (TPSA) is 20.2 Å². The first-order chi connectivity index (χ1) is 7.33. The molecule has 88 valence electrons. The van der Waals surface area contributed by atoms with Gasteiger partial charge in [-0.15, -0.1) is 6.07 Å². The van der Waals surface area contributed by atoms with Crippen LogP contribution in [0.25, 0.3) is 0 Å². The summed E-state index contributed by atoms with van der Waals surface area (Å²) in [7, 11) is 0. The normalized spacial score (nSPS) is 8.81. The van der Waals surface area contributed by atoms with Crippen LogP contribution in [0.15, 0.2) is 48.5 Å². The maximum atomic E-state index is 8.95. The van der Waals surface area contributed by atoms with Crippen LogP contribution in [-0.4, -0.2) is 5.11 Å². The van der Waals surface area contributed by atoms with Crippen LogP contribution in [0.5, 0.6) is 5.75 Å². The summed E-state index contributed by atoms with van der Waals surface area (Å²) in [6, 6.07) is 15.5. The molecule has 2 aromatic rings. The van der Waals surface area contributed by atoms with E-state index in [1.165, 1.54) is 18.4 Å². The van der Waals surface area contributed by atoms with E-state index in [0.29, 0.717) is 5.75 Å². The third-order valence-electron chi connectivity index (χ3n) is 2.18. The summed E-state index contributed by atoms with van der Waals surface area (Å²) in [5, 5.41) is 8.95. The van der Waals surface area contributed by atoms with Crippen LogP contribution in [-0.2, 0) is 23.5 Å². The van der Waals surface area contributed by atoms with Crippen LogP contribution >= 0.6 is 0 Å². The van der Waals surface area contributed by atoms with Crippen molar-refractivity contribution in [1.29, 1.82) is 0 Å². The van der Waals surface area contributed by atoms with Crippen molar-refractivity contribution in [2.75, 3.05) is 0 Å². The number of hydrogen-bond acceptors (Lipinski definition) is 1. The first-order valence-electron chi connectivity index (χ1n) is 5.44. The molecular weight excluding hydrogens is 240 g/mol. The van der Waals surface area contributed by atoms with Gasteiger partial charge in [0.05, 0.1) is 0 Å². The summed E-state index contributed by atoms with van der Waals surface area (Å²) in [5.74, 6) is 0.395. The molecule has 0 atom stereocenters. The van der Waals surface area contributed by atoms with Crippen LogP contribution in [0.3, 0.4) is 0 Å². The molecule has 0 aliphatic heterocycles. The standard InChI is InChI=1S/C9H13O.C5H5.Fe/c1-2-3-4-8-5-6-9(10)7-8;1-2-4-5-3-1;/h5-7,10H,2-4H2,1H3;1-5H;/q2*-1;+2. The van der Waals surface area contributed by atoms with Crippen molar-refractivity contribution in [3.63, 3.8) is 0 Å². The van der Waals surface area contributed by atoms with E-state index in [1.807, 2.05) is 42.5 Å². The third kappa shape index (κ3) is 6.49. The Kier molecular flexibility index (Phi) is 8.69. The molecule has 0 amide bonds. The Balaban J connectivity index is 0.000000318. The average molecular weight is 258 g/mol. The van der Waals surface area contributed by atoms with Crippen molar-refractivity contribution in [2.24, 2.45) is 0 Å². The van der Waals surface area contributed by atoms with E-state index >= 15 is 0 Å². The van der Waals surface area contributed by atoms with Crippen LogP contribution in [0.1, 0.15) is 25.3 Å². The van der Waals surface area contributed by atoms with Gasteiger partial charge in [-0.2, -0.15) is 35.9 Å². The second-order valence-corrected chi connectivity index (χ2v) is 3.54. The monoisotopic (exact) mass is 258 g/mol. The molecule has 0 aromatic heterocycles. The number of aryl methyl sites for hydroxylation is 1. The molecule has 2 heteroatoms. The molecule has 1 nitrogen and oxygen atoms in total. The second-order valence-electron chi connectivity index (χ2n) is 3.54. The summed E-state index contributed by atoms with van der Waals surface area (Å²) in [5.41, 5.74) is 1.25. The largest absolute Gasteiger partial charge is 2.00 e. The van der Waals surface area contributed by atoms with E-state index in [2.05, 4.69) is 6.92 Å². The minimum absolute atomic E-state index is 0.